The smallest absolute Gasteiger partial charge is 0.335 e. The first-order valence-corrected chi connectivity index (χ1v) is 5.31. The van der Waals surface area contributed by atoms with E-state index in [0.717, 1.165) is 18.2 Å². The molecule has 0 heterocycles. The summed E-state index contributed by atoms with van der Waals surface area (Å²) in [6.07, 6.45) is 0. The number of aromatic carboxylic acids is 1. The summed E-state index contributed by atoms with van der Waals surface area (Å²) in [6.45, 7) is 0. The van der Waals surface area contributed by atoms with E-state index in [-0.39, 0.29) is 5.56 Å². The first-order chi connectivity index (χ1) is 7.21. The van der Waals surface area contributed by atoms with Gasteiger partial charge in [0.15, 0.2) is 0 Å². The number of carboxylic acid groups (broad SMARTS) is 1. The molecule has 0 aliphatic rings. The van der Waals surface area contributed by atoms with Gasteiger partial charge in [0.05, 0.1) is 10.5 Å². The van der Waals surface area contributed by atoms with Gasteiger partial charge in [0.2, 0.25) is 5.91 Å². The maximum absolute atomic E-state index is 10.8. The van der Waals surface area contributed by atoms with Crippen molar-refractivity contribution in [3.05, 3.63) is 29.3 Å². The first kappa shape index (κ1) is 12.1. The molecule has 0 fully saturated rings. The zero-order valence-corrected chi connectivity index (χ0v) is 8.56. The molecule has 8 heteroatoms. The summed E-state index contributed by atoms with van der Waals surface area (Å²) in [6, 6.07) is 2.44. The van der Waals surface area contributed by atoms with Crippen LogP contribution in [-0.4, -0.2) is 30.0 Å². The lowest BCUT2D eigenvalue weighted by atomic mass is 10.1. The highest BCUT2D eigenvalue weighted by atomic mass is 32.2. The van der Waals surface area contributed by atoms with Crippen molar-refractivity contribution < 1.29 is 27.7 Å². The molecule has 0 aromatic heterocycles. The van der Waals surface area contributed by atoms with Crippen molar-refractivity contribution in [2.75, 3.05) is 0 Å². The quantitative estimate of drug-likeness (QED) is 0.627. The third kappa shape index (κ3) is 2.55. The van der Waals surface area contributed by atoms with E-state index in [1.165, 1.54) is 0 Å². The molecule has 1 amide bonds. The summed E-state index contributed by atoms with van der Waals surface area (Å²) in [5.41, 5.74) is 4.12. The molecule has 0 saturated carbocycles. The van der Waals surface area contributed by atoms with Crippen LogP contribution in [0.4, 0.5) is 0 Å². The Bertz CT molecular complexity index is 530. The normalized spacial score (nSPS) is 11.1. The number of benzene rings is 1. The van der Waals surface area contributed by atoms with Gasteiger partial charge in [-0.25, -0.2) is 4.79 Å². The molecule has 0 atom stereocenters. The molecule has 0 aliphatic heterocycles. The molecule has 0 bridgehead atoms. The van der Waals surface area contributed by atoms with Gasteiger partial charge in [-0.1, -0.05) is 0 Å². The summed E-state index contributed by atoms with van der Waals surface area (Å²) >= 11 is 0. The molecule has 7 nitrogen and oxygen atoms in total. The van der Waals surface area contributed by atoms with Crippen LogP contribution in [0.5, 0.6) is 0 Å². The maximum Gasteiger partial charge on any atom is 0.335 e. The van der Waals surface area contributed by atoms with Crippen LogP contribution in [0.15, 0.2) is 23.1 Å². The number of nitrogens with two attached hydrogens (primary N) is 1. The lowest BCUT2D eigenvalue weighted by Crippen LogP contribution is -2.14. The Morgan fingerprint density at radius 1 is 1.12 bits per heavy atom. The highest BCUT2D eigenvalue weighted by molar-refractivity contribution is 7.85. The van der Waals surface area contributed by atoms with Gasteiger partial charge >= 0.3 is 5.97 Å². The number of amides is 1. The monoisotopic (exact) mass is 245 g/mol. The predicted molar refractivity (Wildman–Crippen MR) is 51.7 cm³/mol. The minimum atomic E-state index is -4.59. The second-order valence-corrected chi connectivity index (χ2v) is 4.31. The fourth-order valence-electron chi connectivity index (χ4n) is 1.01. The minimum Gasteiger partial charge on any atom is -0.478 e. The Labute approximate surface area is 90.2 Å². The number of carbonyl (C=O) groups excluding carboxylic acids is 1. The van der Waals surface area contributed by atoms with Crippen molar-refractivity contribution in [3.63, 3.8) is 0 Å². The van der Waals surface area contributed by atoms with Crippen LogP contribution in [0.3, 0.4) is 0 Å². The number of primary amides is 1. The Balaban J connectivity index is 3.54. The van der Waals surface area contributed by atoms with E-state index in [0.29, 0.717) is 0 Å². The Kier molecular flexibility index (Phi) is 2.97. The summed E-state index contributed by atoms with van der Waals surface area (Å²) in [5, 5.41) is 8.65. The average molecular weight is 245 g/mol. The zero-order chi connectivity index (χ0) is 12.5. The fourth-order valence-corrected chi connectivity index (χ4v) is 1.57. The van der Waals surface area contributed by atoms with Gasteiger partial charge in [-0.05, 0) is 18.2 Å². The number of carbonyl (C=O) groups is 2. The Morgan fingerprint density at radius 2 is 1.62 bits per heavy atom. The van der Waals surface area contributed by atoms with E-state index in [1.807, 2.05) is 0 Å². The molecule has 0 radical (unpaired) electrons. The maximum atomic E-state index is 10.8. The molecule has 0 saturated heterocycles. The Morgan fingerprint density at radius 3 is 2.00 bits per heavy atom. The second kappa shape index (κ2) is 3.91. The van der Waals surface area contributed by atoms with E-state index in [1.54, 1.807) is 0 Å². The van der Waals surface area contributed by atoms with E-state index < -0.39 is 32.5 Å². The number of carboxylic acids is 1. The molecule has 16 heavy (non-hydrogen) atoms. The van der Waals surface area contributed by atoms with Crippen LogP contribution < -0.4 is 5.73 Å². The van der Waals surface area contributed by atoms with E-state index in [9.17, 15) is 18.0 Å². The molecular formula is C8H7NO6S. The lowest BCUT2D eigenvalue weighted by Gasteiger charge is -2.02. The van der Waals surface area contributed by atoms with Crippen molar-refractivity contribution in [1.82, 2.24) is 0 Å². The molecular weight excluding hydrogens is 238 g/mol. The van der Waals surface area contributed by atoms with Crippen molar-refractivity contribution in [2.24, 2.45) is 5.73 Å². The number of hydrogen-bond donors (Lipinski definition) is 3. The van der Waals surface area contributed by atoms with Crippen molar-refractivity contribution in [3.8, 4) is 0 Å². The highest BCUT2D eigenvalue weighted by Gasteiger charge is 2.16. The van der Waals surface area contributed by atoms with Gasteiger partial charge in [-0.15, -0.1) is 0 Å². The fraction of sp³-hybridized carbons (Fsp3) is 0. The third-order valence-corrected chi connectivity index (χ3v) is 2.57. The van der Waals surface area contributed by atoms with Crippen molar-refractivity contribution in [1.29, 1.82) is 0 Å². The first-order valence-electron chi connectivity index (χ1n) is 3.87. The third-order valence-electron chi connectivity index (χ3n) is 1.74. The van der Waals surface area contributed by atoms with Gasteiger partial charge in [0.25, 0.3) is 10.1 Å². The van der Waals surface area contributed by atoms with Crippen LogP contribution in [0.2, 0.25) is 0 Å². The second-order valence-electron chi connectivity index (χ2n) is 2.89. The van der Waals surface area contributed by atoms with Crippen LogP contribution in [0.25, 0.3) is 0 Å². The standard InChI is InChI=1S/C8H7NO6S/c9-7(10)4-1-5(8(11)12)3-6(2-4)16(13,14)15/h1-3H,(H2,9,10)(H,11,12)(H,13,14,15). The molecule has 0 aliphatic carbocycles. The number of rotatable bonds is 3. The lowest BCUT2D eigenvalue weighted by molar-refractivity contribution is 0.0696. The molecule has 1 rings (SSSR count). The van der Waals surface area contributed by atoms with E-state index >= 15 is 0 Å². The molecule has 0 spiro atoms. The van der Waals surface area contributed by atoms with Gasteiger partial charge in [-0.3, -0.25) is 9.35 Å². The summed E-state index contributed by atoms with van der Waals surface area (Å²) < 4.78 is 30.3. The van der Waals surface area contributed by atoms with Gasteiger partial charge in [0, 0.05) is 5.56 Å². The van der Waals surface area contributed by atoms with E-state index in [4.69, 9.17) is 15.4 Å². The molecule has 0 unspecified atom stereocenters. The molecule has 1 aromatic rings. The predicted octanol–water partition coefficient (Wildman–Crippen LogP) is -0.270. The zero-order valence-electron chi connectivity index (χ0n) is 7.75. The van der Waals surface area contributed by atoms with Crippen molar-refractivity contribution >= 4 is 22.0 Å². The summed E-state index contributed by atoms with van der Waals surface area (Å²) in [4.78, 5) is 20.7. The van der Waals surface area contributed by atoms with Gasteiger partial charge < -0.3 is 10.8 Å². The van der Waals surface area contributed by atoms with Crippen LogP contribution in [0, 0.1) is 0 Å². The van der Waals surface area contributed by atoms with Gasteiger partial charge in [-0.2, -0.15) is 8.42 Å². The average Bonchev–Trinajstić information content (AvgIpc) is 2.15. The van der Waals surface area contributed by atoms with Crippen LogP contribution >= 0.6 is 0 Å². The SMILES string of the molecule is NC(=O)c1cc(C(=O)O)cc(S(=O)(=O)O)c1. The summed E-state index contributed by atoms with van der Waals surface area (Å²) in [7, 11) is -4.59. The topological polar surface area (TPSA) is 135 Å². The Hall–Kier alpha value is -1.93. The number of hydrogen-bond acceptors (Lipinski definition) is 4. The minimum absolute atomic E-state index is 0.312. The van der Waals surface area contributed by atoms with Gasteiger partial charge in [0.1, 0.15) is 0 Å². The van der Waals surface area contributed by atoms with E-state index in [2.05, 4.69) is 0 Å². The largest absolute Gasteiger partial charge is 0.478 e. The van der Waals surface area contributed by atoms with Crippen LogP contribution in [0.1, 0.15) is 20.7 Å². The molecule has 86 valence electrons. The van der Waals surface area contributed by atoms with Crippen LogP contribution in [-0.2, 0) is 10.1 Å². The highest BCUT2D eigenvalue weighted by Crippen LogP contribution is 2.15. The molecule has 1 aromatic carbocycles. The summed E-state index contributed by atoms with van der Waals surface area (Å²) in [5.74, 6) is -2.43. The van der Waals surface area contributed by atoms with Crippen molar-refractivity contribution in [2.45, 2.75) is 4.90 Å². The molecule has 4 N–H and O–H groups in total.